The van der Waals surface area contributed by atoms with E-state index in [0.717, 1.165) is 11.4 Å². The molecule has 1 N–H and O–H groups in total. The van der Waals surface area contributed by atoms with E-state index in [9.17, 15) is 4.79 Å². The highest BCUT2D eigenvalue weighted by Crippen LogP contribution is 2.25. The number of carbonyl (C=O) groups is 1. The third-order valence-electron chi connectivity index (χ3n) is 3.74. The molecule has 3 atom stereocenters. The van der Waals surface area contributed by atoms with Gasteiger partial charge in [-0.25, -0.2) is 4.98 Å². The van der Waals surface area contributed by atoms with E-state index in [2.05, 4.69) is 17.2 Å². The molecule has 1 aromatic rings. The summed E-state index contributed by atoms with van der Waals surface area (Å²) in [6.07, 6.45) is 6.64. The zero-order valence-corrected chi connectivity index (χ0v) is 12.5. The number of amides is 1. The summed E-state index contributed by atoms with van der Waals surface area (Å²) >= 11 is 1.52. The Morgan fingerprint density at radius 3 is 2.89 bits per heavy atom. The quantitative estimate of drug-likeness (QED) is 0.860. The first-order valence-corrected chi connectivity index (χ1v) is 7.93. The molecule has 0 aliphatic heterocycles. The van der Waals surface area contributed by atoms with Gasteiger partial charge in [-0.3, -0.25) is 4.79 Å². The molecule has 0 aromatic carbocycles. The van der Waals surface area contributed by atoms with Crippen LogP contribution >= 0.6 is 11.8 Å². The lowest BCUT2D eigenvalue weighted by Gasteiger charge is -2.30. The van der Waals surface area contributed by atoms with Crippen LogP contribution in [0.15, 0.2) is 29.4 Å². The Balaban J connectivity index is 1.85. The Bertz CT molecular complexity index is 410. The summed E-state index contributed by atoms with van der Waals surface area (Å²) in [6.45, 7) is 4.18. The first-order valence-electron chi connectivity index (χ1n) is 7.05. The minimum absolute atomic E-state index is 0.0935. The molecule has 1 aliphatic rings. The van der Waals surface area contributed by atoms with Gasteiger partial charge in [-0.2, -0.15) is 0 Å². The lowest BCUT2D eigenvalue weighted by molar-refractivity contribution is -0.121. The van der Waals surface area contributed by atoms with Gasteiger partial charge in [-0.15, -0.1) is 0 Å². The summed E-state index contributed by atoms with van der Waals surface area (Å²) in [5.74, 6) is 0.735. The molecule has 0 unspecified atom stereocenters. The Morgan fingerprint density at radius 1 is 1.42 bits per heavy atom. The first kappa shape index (κ1) is 14.4. The fourth-order valence-electron chi connectivity index (χ4n) is 2.48. The predicted octanol–water partition coefficient (Wildman–Crippen LogP) is 3.26. The van der Waals surface area contributed by atoms with Crippen LogP contribution in [0.4, 0.5) is 0 Å². The molecule has 2 rings (SSSR count). The first-order chi connectivity index (χ1) is 9.16. The summed E-state index contributed by atoms with van der Waals surface area (Å²) < 4.78 is 0. The van der Waals surface area contributed by atoms with Crippen molar-refractivity contribution >= 4 is 17.7 Å². The van der Waals surface area contributed by atoms with E-state index >= 15 is 0 Å². The highest BCUT2D eigenvalue weighted by molar-refractivity contribution is 8.00. The molecule has 1 aromatic heterocycles. The maximum atomic E-state index is 12.2. The van der Waals surface area contributed by atoms with E-state index in [-0.39, 0.29) is 11.2 Å². The van der Waals surface area contributed by atoms with Gasteiger partial charge in [0.2, 0.25) is 5.91 Å². The highest BCUT2D eigenvalue weighted by Gasteiger charge is 2.25. The van der Waals surface area contributed by atoms with Gasteiger partial charge in [0, 0.05) is 12.2 Å². The predicted molar refractivity (Wildman–Crippen MR) is 79.1 cm³/mol. The molecule has 104 valence electrons. The van der Waals surface area contributed by atoms with Crippen LogP contribution in [0.1, 0.15) is 39.5 Å². The number of thioether (sulfide) groups is 1. The van der Waals surface area contributed by atoms with Crippen molar-refractivity contribution in [3.05, 3.63) is 24.4 Å². The van der Waals surface area contributed by atoms with Crippen molar-refractivity contribution in [2.45, 2.75) is 55.8 Å². The Labute approximate surface area is 119 Å². The van der Waals surface area contributed by atoms with Crippen LogP contribution in [-0.4, -0.2) is 22.2 Å². The molecule has 1 amide bonds. The van der Waals surface area contributed by atoms with Crippen molar-refractivity contribution < 1.29 is 4.79 Å². The van der Waals surface area contributed by atoms with Gasteiger partial charge in [-0.1, -0.05) is 37.6 Å². The van der Waals surface area contributed by atoms with Crippen LogP contribution < -0.4 is 5.32 Å². The molecule has 1 heterocycles. The zero-order valence-electron chi connectivity index (χ0n) is 11.6. The van der Waals surface area contributed by atoms with Crippen LogP contribution in [0, 0.1) is 5.92 Å². The van der Waals surface area contributed by atoms with Crippen LogP contribution in [-0.2, 0) is 4.79 Å². The van der Waals surface area contributed by atoms with Crippen LogP contribution in [0.5, 0.6) is 0 Å². The van der Waals surface area contributed by atoms with E-state index in [1.54, 1.807) is 6.20 Å². The summed E-state index contributed by atoms with van der Waals surface area (Å²) in [4.78, 5) is 16.4. The summed E-state index contributed by atoms with van der Waals surface area (Å²) in [5, 5.41) is 4.01. The van der Waals surface area contributed by atoms with Crippen molar-refractivity contribution in [3.8, 4) is 0 Å². The Morgan fingerprint density at radius 2 is 2.21 bits per heavy atom. The molecule has 0 radical (unpaired) electrons. The molecule has 0 spiro atoms. The van der Waals surface area contributed by atoms with E-state index in [4.69, 9.17) is 0 Å². The number of aromatic nitrogens is 1. The Kier molecular flexibility index (Phi) is 5.25. The molecular weight excluding hydrogens is 256 g/mol. The van der Waals surface area contributed by atoms with E-state index in [1.807, 2.05) is 25.1 Å². The number of rotatable bonds is 4. The minimum Gasteiger partial charge on any atom is -0.352 e. The molecule has 1 fully saturated rings. The summed E-state index contributed by atoms with van der Waals surface area (Å²) in [7, 11) is 0. The maximum absolute atomic E-state index is 12.2. The van der Waals surface area contributed by atoms with Crippen molar-refractivity contribution in [2.24, 2.45) is 5.92 Å². The highest BCUT2D eigenvalue weighted by atomic mass is 32.2. The number of hydrogen-bond acceptors (Lipinski definition) is 3. The third kappa shape index (κ3) is 4.23. The lowest BCUT2D eigenvalue weighted by atomic mass is 9.86. The normalized spacial score (nSPS) is 24.7. The summed E-state index contributed by atoms with van der Waals surface area (Å²) in [6, 6.07) is 6.13. The zero-order chi connectivity index (χ0) is 13.7. The molecule has 0 bridgehead atoms. The number of hydrogen-bond donors (Lipinski definition) is 1. The van der Waals surface area contributed by atoms with E-state index in [1.165, 1.54) is 31.0 Å². The largest absolute Gasteiger partial charge is 0.352 e. The second kappa shape index (κ2) is 6.94. The SMILES string of the molecule is C[C@H](Sc1ccccn1)C(=O)N[C@H]1CCCC[C@@H]1C. The average molecular weight is 278 g/mol. The topological polar surface area (TPSA) is 42.0 Å². The number of carbonyl (C=O) groups excluding carboxylic acids is 1. The van der Waals surface area contributed by atoms with Gasteiger partial charge in [-0.05, 0) is 37.8 Å². The molecular formula is C15H22N2OS. The van der Waals surface area contributed by atoms with Gasteiger partial charge in [0.05, 0.1) is 10.3 Å². The van der Waals surface area contributed by atoms with Gasteiger partial charge in [0.15, 0.2) is 0 Å². The second-order valence-corrected chi connectivity index (χ2v) is 6.67. The van der Waals surface area contributed by atoms with E-state index < -0.39 is 0 Å². The molecule has 3 nitrogen and oxygen atoms in total. The van der Waals surface area contributed by atoms with Crippen LogP contribution in [0.3, 0.4) is 0 Å². The van der Waals surface area contributed by atoms with Crippen LogP contribution in [0.2, 0.25) is 0 Å². The number of nitrogens with one attached hydrogen (secondary N) is 1. The number of pyridine rings is 1. The Hall–Kier alpha value is -1.03. The minimum atomic E-state index is -0.0935. The van der Waals surface area contributed by atoms with Crippen molar-refractivity contribution in [1.29, 1.82) is 0 Å². The van der Waals surface area contributed by atoms with Crippen molar-refractivity contribution in [1.82, 2.24) is 10.3 Å². The summed E-state index contributed by atoms with van der Waals surface area (Å²) in [5.41, 5.74) is 0. The fourth-order valence-corrected chi connectivity index (χ4v) is 3.30. The molecule has 4 heteroatoms. The second-order valence-electron chi connectivity index (χ2n) is 5.30. The standard InChI is InChI=1S/C15H22N2OS/c1-11-7-3-4-8-13(11)17-15(18)12(2)19-14-9-5-6-10-16-14/h5-6,9-13H,3-4,7-8H2,1-2H3,(H,17,18)/t11-,12-,13-/m0/s1. The van der Waals surface area contributed by atoms with Gasteiger partial charge >= 0.3 is 0 Å². The van der Waals surface area contributed by atoms with Gasteiger partial charge in [0.1, 0.15) is 0 Å². The smallest absolute Gasteiger partial charge is 0.233 e. The average Bonchev–Trinajstić information content (AvgIpc) is 2.42. The lowest BCUT2D eigenvalue weighted by Crippen LogP contribution is -2.44. The molecule has 1 saturated carbocycles. The molecule has 0 saturated heterocycles. The van der Waals surface area contributed by atoms with Gasteiger partial charge in [0.25, 0.3) is 0 Å². The van der Waals surface area contributed by atoms with Crippen LogP contribution in [0.25, 0.3) is 0 Å². The van der Waals surface area contributed by atoms with E-state index in [0.29, 0.717) is 12.0 Å². The molecule has 1 aliphatic carbocycles. The number of nitrogens with zero attached hydrogens (tertiary/aromatic N) is 1. The monoisotopic (exact) mass is 278 g/mol. The van der Waals surface area contributed by atoms with Gasteiger partial charge < -0.3 is 5.32 Å². The maximum Gasteiger partial charge on any atom is 0.233 e. The fraction of sp³-hybridized carbons (Fsp3) is 0.600. The third-order valence-corrected chi connectivity index (χ3v) is 4.79. The van der Waals surface area contributed by atoms with Crippen molar-refractivity contribution in [2.75, 3.05) is 0 Å². The van der Waals surface area contributed by atoms with Crippen molar-refractivity contribution in [3.63, 3.8) is 0 Å². The molecule has 19 heavy (non-hydrogen) atoms.